The topological polar surface area (TPSA) is 72.6 Å². The second-order valence-electron chi connectivity index (χ2n) is 9.26. The first-order valence-electron chi connectivity index (χ1n) is 11.9. The Morgan fingerprint density at radius 1 is 1.12 bits per heavy atom. The number of unbranched alkanes of at least 4 members (excludes halogenated alkanes) is 1. The molecule has 5 heteroatoms. The first kappa shape index (κ1) is 24.4. The largest absolute Gasteiger partial charge is 0.497 e. The molecule has 1 saturated carbocycles. The quantitative estimate of drug-likeness (QED) is 0.289. The molecule has 0 amide bonds. The molecule has 2 aromatic carbocycles. The Bertz CT molecular complexity index is 887. The van der Waals surface area contributed by atoms with Gasteiger partial charge in [0.25, 0.3) is 0 Å². The molecular weight excluding hydrogens is 397 g/mol. The molecule has 1 aliphatic rings. The maximum atomic E-state index is 12.1. The summed E-state index contributed by atoms with van der Waals surface area (Å²) in [5.74, 6) is 0.559. The van der Waals surface area contributed by atoms with Crippen molar-refractivity contribution >= 4 is 13.8 Å². The molecule has 170 valence electrons. The molecule has 0 aliphatic heterocycles. The summed E-state index contributed by atoms with van der Waals surface area (Å²) in [7, 11) is 7.30. The molecule has 0 bridgehead atoms. The second kappa shape index (κ2) is 11.6. The number of nitrogens with two attached hydrogens (primary N) is 1. The van der Waals surface area contributed by atoms with Gasteiger partial charge in [-0.15, -0.1) is 0 Å². The van der Waals surface area contributed by atoms with E-state index in [-0.39, 0.29) is 5.92 Å². The van der Waals surface area contributed by atoms with Crippen molar-refractivity contribution in [3.8, 4) is 16.9 Å². The van der Waals surface area contributed by atoms with Crippen LogP contribution < -0.4 is 10.5 Å². The summed E-state index contributed by atoms with van der Waals surface area (Å²) in [4.78, 5) is 12.1. The predicted molar refractivity (Wildman–Crippen MR) is 131 cm³/mol. The highest BCUT2D eigenvalue weighted by atomic mass is 16.5. The molecule has 32 heavy (non-hydrogen) atoms. The number of benzene rings is 2. The summed E-state index contributed by atoms with van der Waals surface area (Å²) in [6.07, 6.45) is 8.59. The van der Waals surface area contributed by atoms with E-state index in [9.17, 15) is 9.90 Å². The molecule has 0 spiro atoms. The van der Waals surface area contributed by atoms with Crippen LogP contribution in [-0.2, 0) is 11.2 Å². The number of aliphatic carboxylic acids is 1. The summed E-state index contributed by atoms with van der Waals surface area (Å²) in [5, 5.41) is 9.92. The van der Waals surface area contributed by atoms with E-state index in [2.05, 4.69) is 36.4 Å². The van der Waals surface area contributed by atoms with Crippen LogP contribution in [0.2, 0.25) is 6.32 Å². The fraction of sp³-hybridized carbons (Fsp3) is 0.519. The lowest BCUT2D eigenvalue weighted by molar-refractivity contribution is -0.146. The number of carbonyl (C=O) groups is 1. The van der Waals surface area contributed by atoms with Gasteiger partial charge in [-0.2, -0.15) is 0 Å². The molecular formula is C27H36BNO3. The van der Waals surface area contributed by atoms with E-state index in [0.717, 1.165) is 57.1 Å². The van der Waals surface area contributed by atoms with Crippen molar-refractivity contribution in [1.29, 1.82) is 0 Å². The maximum absolute atomic E-state index is 12.1. The van der Waals surface area contributed by atoms with Gasteiger partial charge in [-0.05, 0) is 72.8 Å². The van der Waals surface area contributed by atoms with Crippen molar-refractivity contribution < 1.29 is 14.6 Å². The van der Waals surface area contributed by atoms with Gasteiger partial charge in [0.15, 0.2) is 0 Å². The Balaban J connectivity index is 1.71. The van der Waals surface area contributed by atoms with Crippen molar-refractivity contribution in [2.24, 2.45) is 17.6 Å². The van der Waals surface area contributed by atoms with E-state index in [4.69, 9.17) is 18.3 Å². The SMILES string of the molecule is [B]CCCCC(N)(C(=O)O)C1CCCC(Cc2ccccc2-c2cccc(OC)c2)CC1. The summed E-state index contributed by atoms with van der Waals surface area (Å²) in [6, 6.07) is 16.8. The fourth-order valence-electron chi connectivity index (χ4n) is 5.23. The van der Waals surface area contributed by atoms with Crippen LogP contribution in [0.4, 0.5) is 0 Å². The monoisotopic (exact) mass is 433 g/mol. The van der Waals surface area contributed by atoms with Crippen LogP contribution in [0.3, 0.4) is 0 Å². The number of carboxylic acids is 1. The second-order valence-corrected chi connectivity index (χ2v) is 9.26. The number of carboxylic acid groups (broad SMARTS) is 1. The Morgan fingerprint density at radius 2 is 1.94 bits per heavy atom. The van der Waals surface area contributed by atoms with Crippen LogP contribution in [-0.4, -0.2) is 31.6 Å². The van der Waals surface area contributed by atoms with Crippen LogP contribution in [0.1, 0.15) is 56.9 Å². The summed E-state index contributed by atoms with van der Waals surface area (Å²) in [5.41, 5.74) is 9.11. The summed E-state index contributed by atoms with van der Waals surface area (Å²) in [6.45, 7) is 0. The van der Waals surface area contributed by atoms with Crippen LogP contribution in [0, 0.1) is 11.8 Å². The molecule has 1 fully saturated rings. The van der Waals surface area contributed by atoms with Gasteiger partial charge in [0.2, 0.25) is 0 Å². The number of hydrogen-bond donors (Lipinski definition) is 2. The van der Waals surface area contributed by atoms with Gasteiger partial charge in [0.1, 0.15) is 11.3 Å². The number of rotatable bonds is 10. The van der Waals surface area contributed by atoms with Crippen molar-refractivity contribution in [2.45, 2.75) is 69.6 Å². The van der Waals surface area contributed by atoms with E-state index in [1.54, 1.807) is 7.11 Å². The fourth-order valence-corrected chi connectivity index (χ4v) is 5.23. The standard InChI is InChI=1S/C27H36BNO3/c1-32-24-12-7-10-22(19-24)25-13-3-2-9-21(25)18-20-8-6-11-23(15-14-20)27(29,26(30)31)16-4-5-17-28/h2-3,7,9-10,12-13,19-20,23H,4-6,8,11,14-18,29H2,1H3,(H,30,31). The minimum atomic E-state index is -1.14. The summed E-state index contributed by atoms with van der Waals surface area (Å²) < 4.78 is 5.41. The Labute approximate surface area is 194 Å². The normalized spacial score (nSPS) is 20.8. The molecule has 0 aromatic heterocycles. The van der Waals surface area contributed by atoms with E-state index >= 15 is 0 Å². The van der Waals surface area contributed by atoms with Gasteiger partial charge in [-0.3, -0.25) is 4.79 Å². The highest BCUT2D eigenvalue weighted by molar-refractivity contribution is 6.08. The predicted octanol–water partition coefficient (Wildman–Crippen LogP) is 5.64. The molecule has 2 radical (unpaired) electrons. The Hall–Kier alpha value is -2.27. The Kier molecular flexibility index (Phi) is 8.80. The minimum absolute atomic E-state index is 0.0244. The molecule has 4 nitrogen and oxygen atoms in total. The first-order valence-corrected chi connectivity index (χ1v) is 11.9. The van der Waals surface area contributed by atoms with E-state index in [0.29, 0.717) is 18.7 Å². The van der Waals surface area contributed by atoms with Crippen LogP contribution in [0.15, 0.2) is 48.5 Å². The third-order valence-corrected chi connectivity index (χ3v) is 7.17. The van der Waals surface area contributed by atoms with Crippen LogP contribution in [0.25, 0.3) is 11.1 Å². The molecule has 3 atom stereocenters. The smallest absolute Gasteiger partial charge is 0.323 e. The minimum Gasteiger partial charge on any atom is -0.497 e. The van der Waals surface area contributed by atoms with E-state index in [1.807, 2.05) is 12.1 Å². The van der Waals surface area contributed by atoms with Crippen LogP contribution in [0.5, 0.6) is 5.75 Å². The molecule has 0 saturated heterocycles. The van der Waals surface area contributed by atoms with E-state index in [1.165, 1.54) is 16.7 Å². The number of hydrogen-bond acceptors (Lipinski definition) is 3. The zero-order valence-corrected chi connectivity index (χ0v) is 19.3. The number of ether oxygens (including phenoxy) is 1. The van der Waals surface area contributed by atoms with Gasteiger partial charge in [-0.25, -0.2) is 0 Å². The molecule has 3 N–H and O–H groups in total. The average Bonchev–Trinajstić information content (AvgIpc) is 3.05. The number of methoxy groups -OCH3 is 1. The lowest BCUT2D eigenvalue weighted by Crippen LogP contribution is -2.54. The molecule has 3 unspecified atom stereocenters. The van der Waals surface area contributed by atoms with Crippen molar-refractivity contribution in [3.63, 3.8) is 0 Å². The van der Waals surface area contributed by atoms with Gasteiger partial charge < -0.3 is 15.6 Å². The molecule has 2 aromatic rings. The molecule has 1 aliphatic carbocycles. The Morgan fingerprint density at radius 3 is 2.69 bits per heavy atom. The van der Waals surface area contributed by atoms with Gasteiger partial charge in [-0.1, -0.05) is 68.4 Å². The molecule has 0 heterocycles. The lowest BCUT2D eigenvalue weighted by Gasteiger charge is -2.33. The zero-order chi connectivity index (χ0) is 23.0. The zero-order valence-electron chi connectivity index (χ0n) is 19.3. The molecule has 3 rings (SSSR count). The lowest BCUT2D eigenvalue weighted by atomic mass is 9.76. The van der Waals surface area contributed by atoms with Gasteiger partial charge in [0.05, 0.1) is 15.0 Å². The van der Waals surface area contributed by atoms with Gasteiger partial charge in [0, 0.05) is 0 Å². The third kappa shape index (κ3) is 5.95. The van der Waals surface area contributed by atoms with Crippen molar-refractivity contribution in [1.82, 2.24) is 0 Å². The van der Waals surface area contributed by atoms with E-state index < -0.39 is 11.5 Å². The van der Waals surface area contributed by atoms with Crippen molar-refractivity contribution in [2.75, 3.05) is 7.11 Å². The average molecular weight is 433 g/mol. The van der Waals surface area contributed by atoms with Crippen LogP contribution >= 0.6 is 0 Å². The first-order chi connectivity index (χ1) is 15.5. The highest BCUT2D eigenvalue weighted by Crippen LogP contribution is 2.38. The highest BCUT2D eigenvalue weighted by Gasteiger charge is 2.42. The third-order valence-electron chi connectivity index (χ3n) is 7.17. The van der Waals surface area contributed by atoms with Gasteiger partial charge >= 0.3 is 5.97 Å². The summed E-state index contributed by atoms with van der Waals surface area (Å²) >= 11 is 0. The van der Waals surface area contributed by atoms with Crippen molar-refractivity contribution in [3.05, 3.63) is 54.1 Å². The maximum Gasteiger partial charge on any atom is 0.323 e.